The molecule has 4 rings (SSSR count). The summed E-state index contributed by atoms with van der Waals surface area (Å²) in [6.45, 7) is 2.74. The summed E-state index contributed by atoms with van der Waals surface area (Å²) in [4.78, 5) is 5.80. The number of hydrogen-bond acceptors (Lipinski definition) is 3. The molecule has 5 heteroatoms. The van der Waals surface area contributed by atoms with Crippen LogP contribution in [0.5, 0.6) is 0 Å². The molecule has 0 fully saturated rings. The molecule has 2 heterocycles. The van der Waals surface area contributed by atoms with Crippen LogP contribution in [0.4, 0.5) is 4.39 Å². The molecule has 0 saturated heterocycles. The minimum atomic E-state index is -1.07. The van der Waals surface area contributed by atoms with E-state index in [9.17, 15) is 9.50 Å². The Kier molecular flexibility index (Phi) is 6.24. The maximum absolute atomic E-state index is 14.0. The van der Waals surface area contributed by atoms with Crippen molar-refractivity contribution in [3.05, 3.63) is 71.2 Å². The van der Waals surface area contributed by atoms with Gasteiger partial charge in [-0.25, -0.2) is 4.39 Å². The number of aromatic nitrogens is 1. The predicted octanol–water partition coefficient (Wildman–Crippen LogP) is 5.50. The van der Waals surface area contributed by atoms with Crippen LogP contribution in [0.15, 0.2) is 48.5 Å². The van der Waals surface area contributed by atoms with Crippen LogP contribution in [0.3, 0.4) is 0 Å². The fourth-order valence-electron chi connectivity index (χ4n) is 4.94. The molecule has 2 aromatic carbocycles. The summed E-state index contributed by atoms with van der Waals surface area (Å²) < 4.78 is 14.0. The quantitative estimate of drug-likeness (QED) is 0.524. The number of para-hydroxylation sites is 1. The zero-order valence-electron chi connectivity index (χ0n) is 18.0. The number of aromatic amines is 1. The number of aliphatic hydroxyl groups is 1. The standard InChI is InChI=1S/C25H31FN2OS/c1-4-25(29,17-8-7-9-19(26)14-17)18(16-28(2)3)15-23-24-21(12-13-30-23)20-10-5-6-11-22(20)27-24/h5-11,14,18,23,27,29H,4,12-13,15-16H2,1-3H3. The van der Waals surface area contributed by atoms with Crippen LogP contribution in [-0.4, -0.2) is 41.4 Å². The van der Waals surface area contributed by atoms with Gasteiger partial charge in [-0.3, -0.25) is 0 Å². The molecular weight excluding hydrogens is 395 g/mol. The molecule has 2 N–H and O–H groups in total. The molecule has 3 aromatic rings. The number of thioether (sulfide) groups is 1. The van der Waals surface area contributed by atoms with Gasteiger partial charge in [0.15, 0.2) is 0 Å². The van der Waals surface area contributed by atoms with E-state index in [1.54, 1.807) is 6.07 Å². The molecule has 0 saturated carbocycles. The number of rotatable bonds is 7. The molecule has 0 aliphatic carbocycles. The first-order valence-corrected chi connectivity index (χ1v) is 11.8. The van der Waals surface area contributed by atoms with Gasteiger partial charge in [0.25, 0.3) is 0 Å². The number of H-pyrrole nitrogens is 1. The highest BCUT2D eigenvalue weighted by molar-refractivity contribution is 7.99. The van der Waals surface area contributed by atoms with Gasteiger partial charge >= 0.3 is 0 Å². The van der Waals surface area contributed by atoms with Crippen molar-refractivity contribution in [3.8, 4) is 0 Å². The first-order valence-electron chi connectivity index (χ1n) is 10.8. The molecule has 0 spiro atoms. The van der Waals surface area contributed by atoms with Crippen molar-refractivity contribution >= 4 is 22.7 Å². The number of nitrogens with one attached hydrogen (secondary N) is 1. The monoisotopic (exact) mass is 426 g/mol. The third-order valence-corrected chi connectivity index (χ3v) is 7.73. The number of aryl methyl sites for hydroxylation is 1. The van der Waals surface area contributed by atoms with Crippen LogP contribution in [0.25, 0.3) is 10.9 Å². The number of nitrogens with zero attached hydrogens (tertiary/aromatic N) is 1. The first-order chi connectivity index (χ1) is 14.4. The van der Waals surface area contributed by atoms with E-state index in [0.717, 1.165) is 25.1 Å². The SMILES string of the molecule is CCC(O)(c1cccc(F)c1)C(CC1SCCc2c1[nH]c1ccccc21)CN(C)C. The highest BCUT2D eigenvalue weighted by Crippen LogP contribution is 2.47. The molecule has 160 valence electrons. The molecule has 30 heavy (non-hydrogen) atoms. The second kappa shape index (κ2) is 8.74. The Morgan fingerprint density at radius 2 is 2.03 bits per heavy atom. The molecular formula is C25H31FN2OS. The van der Waals surface area contributed by atoms with Gasteiger partial charge in [0.05, 0.1) is 5.60 Å². The molecule has 1 aromatic heterocycles. The van der Waals surface area contributed by atoms with Gasteiger partial charge in [0.2, 0.25) is 0 Å². The topological polar surface area (TPSA) is 39.3 Å². The van der Waals surface area contributed by atoms with Gasteiger partial charge in [-0.2, -0.15) is 11.8 Å². The van der Waals surface area contributed by atoms with E-state index in [1.165, 1.54) is 34.3 Å². The fourth-order valence-corrected chi connectivity index (χ4v) is 6.29. The lowest BCUT2D eigenvalue weighted by Gasteiger charge is -2.40. The van der Waals surface area contributed by atoms with Crippen molar-refractivity contribution in [2.24, 2.45) is 5.92 Å². The number of halogens is 1. The van der Waals surface area contributed by atoms with Gasteiger partial charge in [0.1, 0.15) is 5.82 Å². The lowest BCUT2D eigenvalue weighted by atomic mass is 9.76. The van der Waals surface area contributed by atoms with E-state index in [-0.39, 0.29) is 17.0 Å². The van der Waals surface area contributed by atoms with Crippen molar-refractivity contribution in [1.82, 2.24) is 9.88 Å². The minimum Gasteiger partial charge on any atom is -0.385 e. The van der Waals surface area contributed by atoms with Gasteiger partial charge in [0, 0.05) is 34.3 Å². The number of fused-ring (bicyclic) bond motifs is 3. The van der Waals surface area contributed by atoms with Crippen LogP contribution in [0.2, 0.25) is 0 Å². The molecule has 1 aliphatic heterocycles. The van der Waals surface area contributed by atoms with Gasteiger partial charge in [-0.05, 0) is 68.4 Å². The summed E-state index contributed by atoms with van der Waals surface area (Å²) in [5, 5.41) is 13.4. The zero-order valence-corrected chi connectivity index (χ0v) is 18.8. The van der Waals surface area contributed by atoms with Crippen LogP contribution in [-0.2, 0) is 12.0 Å². The van der Waals surface area contributed by atoms with Gasteiger partial charge in [-0.1, -0.05) is 37.3 Å². The van der Waals surface area contributed by atoms with E-state index in [0.29, 0.717) is 12.0 Å². The normalized spacial score (nSPS) is 19.6. The zero-order chi connectivity index (χ0) is 21.3. The van der Waals surface area contributed by atoms with E-state index in [1.807, 2.05) is 38.8 Å². The average Bonchev–Trinajstić information content (AvgIpc) is 3.12. The summed E-state index contributed by atoms with van der Waals surface area (Å²) in [5.74, 6) is 0.765. The van der Waals surface area contributed by atoms with Crippen molar-refractivity contribution in [2.75, 3.05) is 26.4 Å². The molecule has 3 unspecified atom stereocenters. The Labute approximate surface area is 182 Å². The summed E-state index contributed by atoms with van der Waals surface area (Å²) in [6.07, 6.45) is 2.45. The Hall–Kier alpha value is -1.82. The van der Waals surface area contributed by atoms with E-state index in [4.69, 9.17) is 0 Å². The summed E-state index contributed by atoms with van der Waals surface area (Å²) in [5.41, 5.74) is 3.51. The van der Waals surface area contributed by atoms with E-state index >= 15 is 0 Å². The molecule has 3 atom stereocenters. The smallest absolute Gasteiger partial charge is 0.123 e. The highest BCUT2D eigenvalue weighted by atomic mass is 32.2. The van der Waals surface area contributed by atoms with Crippen molar-refractivity contribution < 1.29 is 9.50 Å². The lowest BCUT2D eigenvalue weighted by molar-refractivity contribution is -0.0404. The Bertz CT molecular complexity index is 1020. The average molecular weight is 427 g/mol. The number of benzene rings is 2. The minimum absolute atomic E-state index is 0.0193. The molecule has 0 amide bonds. The van der Waals surface area contributed by atoms with Crippen LogP contribution >= 0.6 is 11.8 Å². The van der Waals surface area contributed by atoms with Crippen LogP contribution < -0.4 is 0 Å². The maximum atomic E-state index is 14.0. The van der Waals surface area contributed by atoms with Crippen LogP contribution in [0.1, 0.15) is 41.8 Å². The maximum Gasteiger partial charge on any atom is 0.123 e. The molecule has 1 aliphatic rings. The summed E-state index contributed by atoms with van der Waals surface area (Å²) in [6, 6.07) is 15.0. The molecule has 0 radical (unpaired) electrons. The van der Waals surface area contributed by atoms with Crippen LogP contribution in [0, 0.1) is 11.7 Å². The third kappa shape index (κ3) is 4.03. The Morgan fingerprint density at radius 3 is 2.77 bits per heavy atom. The predicted molar refractivity (Wildman–Crippen MR) is 124 cm³/mol. The Balaban J connectivity index is 1.71. The van der Waals surface area contributed by atoms with Crippen molar-refractivity contribution in [2.45, 2.75) is 37.0 Å². The molecule has 3 nitrogen and oxygen atoms in total. The highest BCUT2D eigenvalue weighted by Gasteiger charge is 2.40. The second-order valence-electron chi connectivity index (χ2n) is 8.66. The summed E-state index contributed by atoms with van der Waals surface area (Å²) >= 11 is 1.97. The van der Waals surface area contributed by atoms with Gasteiger partial charge in [-0.15, -0.1) is 0 Å². The van der Waals surface area contributed by atoms with Crippen molar-refractivity contribution in [3.63, 3.8) is 0 Å². The van der Waals surface area contributed by atoms with E-state index < -0.39 is 5.60 Å². The Morgan fingerprint density at radius 1 is 1.23 bits per heavy atom. The first kappa shape index (κ1) is 21.4. The summed E-state index contributed by atoms with van der Waals surface area (Å²) in [7, 11) is 4.08. The van der Waals surface area contributed by atoms with Crippen molar-refractivity contribution in [1.29, 1.82) is 0 Å². The second-order valence-corrected chi connectivity index (χ2v) is 9.97. The molecule has 0 bridgehead atoms. The fraction of sp³-hybridized carbons (Fsp3) is 0.440. The van der Waals surface area contributed by atoms with E-state index in [2.05, 4.69) is 34.1 Å². The number of hydrogen-bond donors (Lipinski definition) is 2. The third-order valence-electron chi connectivity index (χ3n) is 6.46. The van der Waals surface area contributed by atoms with Gasteiger partial charge < -0.3 is 15.0 Å². The largest absolute Gasteiger partial charge is 0.385 e. The lowest BCUT2D eigenvalue weighted by Crippen LogP contribution is -2.41.